The fourth-order valence-electron chi connectivity index (χ4n) is 2.90. The molecule has 5 nitrogen and oxygen atoms in total. The summed E-state index contributed by atoms with van der Waals surface area (Å²) in [5.74, 6) is -0.564. The van der Waals surface area contributed by atoms with Crippen molar-refractivity contribution in [3.63, 3.8) is 0 Å². The second kappa shape index (κ2) is 2.95. The normalized spacial score (nSPS) is 46.5. The Kier molecular flexibility index (Phi) is 1.80. The van der Waals surface area contributed by atoms with Crippen molar-refractivity contribution in [1.82, 2.24) is 0 Å². The SMILES string of the molecule is CC(=O)OC1CC2OC1C1C(=O)OCC21. The van der Waals surface area contributed by atoms with Crippen molar-refractivity contribution in [3.05, 3.63) is 0 Å². The molecule has 5 atom stereocenters. The molecule has 3 heterocycles. The zero-order valence-corrected chi connectivity index (χ0v) is 8.34. The largest absolute Gasteiger partial charge is 0.465 e. The highest BCUT2D eigenvalue weighted by atomic mass is 16.6. The fourth-order valence-corrected chi connectivity index (χ4v) is 2.90. The lowest BCUT2D eigenvalue weighted by atomic mass is 9.80. The maximum atomic E-state index is 11.4. The van der Waals surface area contributed by atoms with Crippen LogP contribution in [-0.4, -0.2) is 36.9 Å². The Bertz CT molecular complexity index is 326. The number of rotatable bonds is 1. The molecule has 3 aliphatic rings. The molecule has 3 rings (SSSR count). The van der Waals surface area contributed by atoms with Crippen LogP contribution in [-0.2, 0) is 23.8 Å². The van der Waals surface area contributed by atoms with Crippen molar-refractivity contribution in [1.29, 1.82) is 0 Å². The minimum Gasteiger partial charge on any atom is -0.465 e. The van der Waals surface area contributed by atoms with Crippen LogP contribution in [0.2, 0.25) is 0 Å². The number of cyclic esters (lactones) is 1. The lowest BCUT2D eigenvalue weighted by Gasteiger charge is -2.24. The molecule has 5 heteroatoms. The predicted molar refractivity (Wildman–Crippen MR) is 46.8 cm³/mol. The topological polar surface area (TPSA) is 61.8 Å². The van der Waals surface area contributed by atoms with Gasteiger partial charge in [-0.25, -0.2) is 0 Å². The molecular weight excluding hydrogens is 200 g/mol. The maximum absolute atomic E-state index is 11.4. The number of ether oxygens (including phenoxy) is 3. The van der Waals surface area contributed by atoms with Crippen LogP contribution in [0.3, 0.4) is 0 Å². The summed E-state index contributed by atoms with van der Waals surface area (Å²) in [6.45, 7) is 1.83. The van der Waals surface area contributed by atoms with Crippen LogP contribution in [0.1, 0.15) is 13.3 Å². The van der Waals surface area contributed by atoms with Crippen molar-refractivity contribution in [3.8, 4) is 0 Å². The van der Waals surface area contributed by atoms with Crippen LogP contribution in [0.25, 0.3) is 0 Å². The predicted octanol–water partition coefficient (Wildman–Crippen LogP) is -0.122. The Hall–Kier alpha value is -1.10. The minimum absolute atomic E-state index is 0.0239. The van der Waals surface area contributed by atoms with E-state index in [4.69, 9.17) is 14.2 Å². The first-order valence-corrected chi connectivity index (χ1v) is 5.16. The lowest BCUT2D eigenvalue weighted by molar-refractivity contribution is -0.154. The summed E-state index contributed by atoms with van der Waals surface area (Å²) in [5, 5.41) is 0. The van der Waals surface area contributed by atoms with E-state index < -0.39 is 0 Å². The quantitative estimate of drug-likeness (QED) is 0.567. The number of esters is 2. The van der Waals surface area contributed by atoms with Gasteiger partial charge < -0.3 is 14.2 Å². The Balaban J connectivity index is 1.79. The molecular formula is C10H12O5. The third kappa shape index (κ3) is 1.19. The molecule has 3 saturated heterocycles. The Morgan fingerprint density at radius 2 is 2.33 bits per heavy atom. The van der Waals surface area contributed by atoms with Crippen molar-refractivity contribution >= 4 is 11.9 Å². The van der Waals surface area contributed by atoms with Gasteiger partial charge in [-0.3, -0.25) is 9.59 Å². The van der Waals surface area contributed by atoms with Crippen molar-refractivity contribution in [2.75, 3.05) is 6.61 Å². The summed E-state index contributed by atoms with van der Waals surface area (Å²) in [4.78, 5) is 22.3. The van der Waals surface area contributed by atoms with Gasteiger partial charge in [0.05, 0.1) is 18.6 Å². The molecule has 82 valence electrons. The van der Waals surface area contributed by atoms with Crippen LogP contribution in [0.5, 0.6) is 0 Å². The Labute approximate surface area is 86.7 Å². The summed E-state index contributed by atoms with van der Waals surface area (Å²) in [5.41, 5.74) is 0. The van der Waals surface area contributed by atoms with Gasteiger partial charge in [-0.2, -0.15) is 0 Å². The molecule has 3 fully saturated rings. The third-order valence-electron chi connectivity index (χ3n) is 3.46. The molecule has 0 saturated carbocycles. The summed E-state index contributed by atoms with van der Waals surface area (Å²) < 4.78 is 15.8. The van der Waals surface area contributed by atoms with E-state index in [9.17, 15) is 9.59 Å². The van der Waals surface area contributed by atoms with Crippen molar-refractivity contribution in [2.45, 2.75) is 31.7 Å². The van der Waals surface area contributed by atoms with Gasteiger partial charge in [0, 0.05) is 19.3 Å². The lowest BCUT2D eigenvalue weighted by Crippen LogP contribution is -2.39. The van der Waals surface area contributed by atoms with Crippen LogP contribution in [0.15, 0.2) is 0 Å². The molecule has 3 aliphatic heterocycles. The minimum atomic E-state index is -0.320. The highest BCUT2D eigenvalue weighted by molar-refractivity contribution is 5.76. The average molecular weight is 212 g/mol. The average Bonchev–Trinajstić information content (AvgIpc) is 2.77. The Morgan fingerprint density at radius 3 is 3.07 bits per heavy atom. The highest BCUT2D eigenvalue weighted by Crippen LogP contribution is 2.48. The molecule has 0 aromatic heterocycles. The zero-order chi connectivity index (χ0) is 10.6. The van der Waals surface area contributed by atoms with Gasteiger partial charge in [-0.1, -0.05) is 0 Å². The van der Waals surface area contributed by atoms with E-state index in [1.807, 2.05) is 0 Å². The first-order valence-electron chi connectivity index (χ1n) is 5.16. The molecule has 0 amide bonds. The zero-order valence-electron chi connectivity index (χ0n) is 8.34. The standard InChI is InChI=1S/C10H12O5/c1-4(11)14-7-2-6-5-3-13-10(12)8(5)9(7)15-6/h5-9H,2-3H2,1H3. The highest BCUT2D eigenvalue weighted by Gasteiger charge is 2.61. The molecule has 0 radical (unpaired) electrons. The summed E-state index contributed by atoms with van der Waals surface area (Å²) in [7, 11) is 0. The van der Waals surface area contributed by atoms with E-state index >= 15 is 0 Å². The van der Waals surface area contributed by atoms with Gasteiger partial charge in [0.1, 0.15) is 12.2 Å². The van der Waals surface area contributed by atoms with Gasteiger partial charge >= 0.3 is 11.9 Å². The van der Waals surface area contributed by atoms with E-state index in [1.165, 1.54) is 6.92 Å². The molecule has 0 N–H and O–H groups in total. The second-order valence-corrected chi connectivity index (χ2v) is 4.34. The monoisotopic (exact) mass is 212 g/mol. The van der Waals surface area contributed by atoms with Gasteiger partial charge in [0.25, 0.3) is 0 Å². The maximum Gasteiger partial charge on any atom is 0.312 e. The number of hydrogen-bond acceptors (Lipinski definition) is 5. The first kappa shape index (κ1) is 9.15. The van der Waals surface area contributed by atoms with E-state index in [2.05, 4.69) is 0 Å². The van der Waals surface area contributed by atoms with Crippen LogP contribution >= 0.6 is 0 Å². The smallest absolute Gasteiger partial charge is 0.312 e. The second-order valence-electron chi connectivity index (χ2n) is 4.34. The summed E-state index contributed by atoms with van der Waals surface area (Å²) in [6, 6.07) is 0. The van der Waals surface area contributed by atoms with Gasteiger partial charge in [0.15, 0.2) is 0 Å². The number of hydrogen-bond donors (Lipinski definition) is 0. The molecule has 0 aromatic carbocycles. The Morgan fingerprint density at radius 1 is 1.53 bits per heavy atom. The number of carbonyl (C=O) groups excluding carboxylic acids is 2. The summed E-state index contributed by atoms with van der Waals surface area (Å²) in [6.07, 6.45) is 0.177. The van der Waals surface area contributed by atoms with E-state index in [0.29, 0.717) is 13.0 Å². The van der Waals surface area contributed by atoms with Gasteiger partial charge in [-0.15, -0.1) is 0 Å². The molecule has 0 aromatic rings. The van der Waals surface area contributed by atoms with Crippen molar-refractivity contribution in [2.24, 2.45) is 11.8 Å². The van der Waals surface area contributed by atoms with E-state index in [1.54, 1.807) is 0 Å². The van der Waals surface area contributed by atoms with E-state index in [-0.39, 0.29) is 42.1 Å². The number of carbonyl (C=O) groups is 2. The molecule has 15 heavy (non-hydrogen) atoms. The third-order valence-corrected chi connectivity index (χ3v) is 3.46. The van der Waals surface area contributed by atoms with Crippen LogP contribution in [0.4, 0.5) is 0 Å². The van der Waals surface area contributed by atoms with Crippen molar-refractivity contribution < 1.29 is 23.8 Å². The molecule has 0 spiro atoms. The summed E-state index contributed by atoms with van der Waals surface area (Å²) >= 11 is 0. The first-order chi connectivity index (χ1) is 7.16. The van der Waals surface area contributed by atoms with Crippen LogP contribution < -0.4 is 0 Å². The molecule has 5 unspecified atom stereocenters. The number of fused-ring (bicyclic) bond motifs is 5. The molecule has 0 aliphatic carbocycles. The van der Waals surface area contributed by atoms with Gasteiger partial charge in [-0.05, 0) is 0 Å². The van der Waals surface area contributed by atoms with Crippen LogP contribution in [0, 0.1) is 11.8 Å². The van der Waals surface area contributed by atoms with E-state index in [0.717, 1.165) is 0 Å². The van der Waals surface area contributed by atoms with Gasteiger partial charge in [0.2, 0.25) is 0 Å². The molecule has 2 bridgehead atoms. The fraction of sp³-hybridized carbons (Fsp3) is 0.800.